The summed E-state index contributed by atoms with van der Waals surface area (Å²) in [6.07, 6.45) is 7.71. The van der Waals surface area contributed by atoms with Gasteiger partial charge in [0.15, 0.2) is 0 Å². The van der Waals surface area contributed by atoms with E-state index in [0.29, 0.717) is 17.9 Å². The van der Waals surface area contributed by atoms with E-state index in [9.17, 15) is 15.3 Å². The van der Waals surface area contributed by atoms with Gasteiger partial charge in [0.2, 0.25) is 5.79 Å². The standard InChI is InChI=1S/C26H30O4/c1-15-14-23(28)24-19(16(15)2)8-9-20-21(24)10-12-25(3)22(20)11-13-26(25,29)30-18-6-4-17(27)5-7-18/h4-9,14,20-22,27-29H,10-13H2,1-3H3/t20-,21+,22+,25+,26-/m1/s1. The monoisotopic (exact) mass is 406 g/mol. The van der Waals surface area contributed by atoms with Gasteiger partial charge in [-0.3, -0.25) is 0 Å². The third-order valence-electron chi connectivity index (χ3n) is 8.30. The molecule has 2 aromatic rings. The van der Waals surface area contributed by atoms with Crippen molar-refractivity contribution in [2.75, 3.05) is 0 Å². The molecule has 0 saturated heterocycles. The maximum Gasteiger partial charge on any atom is 0.213 e. The minimum Gasteiger partial charge on any atom is -0.508 e. The third-order valence-corrected chi connectivity index (χ3v) is 8.30. The topological polar surface area (TPSA) is 69.9 Å². The quantitative estimate of drug-likeness (QED) is 0.583. The molecule has 2 saturated carbocycles. The van der Waals surface area contributed by atoms with E-state index in [2.05, 4.69) is 26.0 Å². The normalized spacial score (nSPS) is 34.2. The largest absolute Gasteiger partial charge is 0.508 e. The summed E-state index contributed by atoms with van der Waals surface area (Å²) in [5.41, 5.74) is 4.24. The zero-order valence-corrected chi connectivity index (χ0v) is 17.9. The fourth-order valence-corrected chi connectivity index (χ4v) is 6.41. The Bertz CT molecular complexity index is 1020. The lowest BCUT2D eigenvalue weighted by Crippen LogP contribution is -2.53. The first kappa shape index (κ1) is 19.5. The molecule has 0 amide bonds. The molecule has 5 rings (SSSR count). The first-order chi connectivity index (χ1) is 14.2. The van der Waals surface area contributed by atoms with E-state index in [1.54, 1.807) is 24.3 Å². The van der Waals surface area contributed by atoms with Crippen LogP contribution in [0, 0.1) is 31.1 Å². The van der Waals surface area contributed by atoms with E-state index in [-0.39, 0.29) is 28.9 Å². The molecular formula is C26H30O4. The average Bonchev–Trinajstić information content (AvgIpc) is 2.98. The Balaban J connectivity index is 1.49. The van der Waals surface area contributed by atoms with Gasteiger partial charge >= 0.3 is 0 Å². The Morgan fingerprint density at radius 3 is 2.50 bits per heavy atom. The van der Waals surface area contributed by atoms with Gasteiger partial charge in [0, 0.05) is 17.4 Å². The SMILES string of the molecule is Cc1cc(O)c2c(c1C)C=C[C@@H]1[C@@H]2CC[C@@]2(C)[C@H]1CC[C@@]2(O)Oc1ccc(O)cc1. The van der Waals surface area contributed by atoms with Gasteiger partial charge in [0.1, 0.15) is 17.2 Å². The van der Waals surface area contributed by atoms with Gasteiger partial charge in [-0.1, -0.05) is 19.1 Å². The minimum atomic E-state index is -1.24. The molecule has 3 aliphatic rings. The van der Waals surface area contributed by atoms with Gasteiger partial charge in [0.05, 0.1) is 0 Å². The number of rotatable bonds is 2. The predicted octanol–water partition coefficient (Wildman–Crippen LogP) is 5.42. The van der Waals surface area contributed by atoms with Crippen molar-refractivity contribution in [1.82, 2.24) is 0 Å². The third kappa shape index (κ3) is 2.63. The minimum absolute atomic E-state index is 0.182. The fraction of sp³-hybridized carbons (Fsp3) is 0.462. The molecule has 0 spiro atoms. The molecule has 0 aliphatic heterocycles. The van der Waals surface area contributed by atoms with Gasteiger partial charge in [0.25, 0.3) is 0 Å². The van der Waals surface area contributed by atoms with Crippen LogP contribution in [0.3, 0.4) is 0 Å². The average molecular weight is 407 g/mol. The van der Waals surface area contributed by atoms with E-state index >= 15 is 0 Å². The molecule has 0 heterocycles. The van der Waals surface area contributed by atoms with Crippen molar-refractivity contribution in [3.8, 4) is 17.2 Å². The van der Waals surface area contributed by atoms with Crippen LogP contribution in [-0.2, 0) is 0 Å². The molecule has 4 heteroatoms. The second kappa shape index (κ2) is 6.52. The summed E-state index contributed by atoms with van der Waals surface area (Å²) in [5, 5.41) is 32.0. The van der Waals surface area contributed by atoms with Crippen molar-refractivity contribution in [2.45, 2.75) is 58.2 Å². The van der Waals surface area contributed by atoms with Crippen LogP contribution in [0.1, 0.15) is 60.8 Å². The van der Waals surface area contributed by atoms with Crippen molar-refractivity contribution in [3.05, 3.63) is 58.7 Å². The highest BCUT2D eigenvalue weighted by Crippen LogP contribution is 2.64. The van der Waals surface area contributed by atoms with Gasteiger partial charge in [-0.25, -0.2) is 0 Å². The molecule has 0 bridgehead atoms. The molecule has 3 N–H and O–H groups in total. The molecule has 0 aromatic heterocycles. The van der Waals surface area contributed by atoms with Crippen LogP contribution in [0.25, 0.3) is 6.08 Å². The van der Waals surface area contributed by atoms with Crippen molar-refractivity contribution in [3.63, 3.8) is 0 Å². The Morgan fingerprint density at radius 1 is 1.03 bits per heavy atom. The summed E-state index contributed by atoms with van der Waals surface area (Å²) in [4.78, 5) is 0. The number of phenolic OH excluding ortho intramolecular Hbond substituents is 2. The van der Waals surface area contributed by atoms with E-state index in [0.717, 1.165) is 30.4 Å². The van der Waals surface area contributed by atoms with Crippen LogP contribution in [0.2, 0.25) is 0 Å². The Labute approximate surface area is 177 Å². The summed E-state index contributed by atoms with van der Waals surface area (Å²) in [5.74, 6) is 0.765. The zero-order valence-electron chi connectivity index (χ0n) is 17.9. The maximum atomic E-state index is 11.6. The van der Waals surface area contributed by atoms with Crippen molar-refractivity contribution in [2.24, 2.45) is 17.3 Å². The molecule has 4 nitrogen and oxygen atoms in total. The number of allylic oxidation sites excluding steroid dienone is 1. The number of aliphatic hydroxyl groups is 1. The van der Waals surface area contributed by atoms with Crippen LogP contribution in [0.4, 0.5) is 0 Å². The summed E-state index contributed by atoms with van der Waals surface area (Å²) < 4.78 is 6.17. The molecule has 0 unspecified atom stereocenters. The lowest BCUT2D eigenvalue weighted by Gasteiger charge is -2.51. The van der Waals surface area contributed by atoms with Gasteiger partial charge in [-0.15, -0.1) is 0 Å². The van der Waals surface area contributed by atoms with Crippen molar-refractivity contribution >= 4 is 6.08 Å². The van der Waals surface area contributed by atoms with Crippen LogP contribution >= 0.6 is 0 Å². The maximum absolute atomic E-state index is 11.6. The number of aryl methyl sites for hydroxylation is 1. The fourth-order valence-electron chi connectivity index (χ4n) is 6.41. The Morgan fingerprint density at radius 2 is 1.77 bits per heavy atom. The predicted molar refractivity (Wildman–Crippen MR) is 117 cm³/mol. The second-order valence-corrected chi connectivity index (χ2v) is 9.69. The number of ether oxygens (including phenoxy) is 1. The van der Waals surface area contributed by atoms with Gasteiger partial charge in [-0.05, 0) is 97.9 Å². The molecule has 3 aliphatic carbocycles. The highest BCUT2D eigenvalue weighted by Gasteiger charge is 2.63. The Kier molecular flexibility index (Phi) is 4.24. The summed E-state index contributed by atoms with van der Waals surface area (Å²) >= 11 is 0. The number of aromatic hydroxyl groups is 2. The van der Waals surface area contributed by atoms with E-state index in [4.69, 9.17) is 4.74 Å². The molecule has 2 fully saturated rings. The number of hydrogen-bond donors (Lipinski definition) is 3. The van der Waals surface area contributed by atoms with E-state index in [1.165, 1.54) is 11.1 Å². The first-order valence-electron chi connectivity index (χ1n) is 11.0. The molecule has 158 valence electrons. The van der Waals surface area contributed by atoms with E-state index in [1.807, 2.05) is 13.0 Å². The molecule has 30 heavy (non-hydrogen) atoms. The summed E-state index contributed by atoms with van der Waals surface area (Å²) in [6.45, 7) is 6.33. The number of phenols is 2. The van der Waals surface area contributed by atoms with Crippen LogP contribution in [0.15, 0.2) is 36.4 Å². The number of benzene rings is 2. The van der Waals surface area contributed by atoms with Crippen molar-refractivity contribution < 1.29 is 20.1 Å². The summed E-state index contributed by atoms with van der Waals surface area (Å²) in [6, 6.07) is 8.47. The van der Waals surface area contributed by atoms with Gasteiger partial charge in [-0.2, -0.15) is 0 Å². The first-order valence-corrected chi connectivity index (χ1v) is 11.0. The number of hydrogen-bond acceptors (Lipinski definition) is 4. The lowest BCUT2D eigenvalue weighted by atomic mass is 9.56. The van der Waals surface area contributed by atoms with Gasteiger partial charge < -0.3 is 20.1 Å². The lowest BCUT2D eigenvalue weighted by molar-refractivity contribution is -0.220. The van der Waals surface area contributed by atoms with Crippen LogP contribution in [-0.4, -0.2) is 21.1 Å². The molecule has 5 atom stereocenters. The zero-order chi connectivity index (χ0) is 21.3. The highest BCUT2D eigenvalue weighted by molar-refractivity contribution is 5.67. The van der Waals surface area contributed by atoms with Crippen LogP contribution < -0.4 is 4.74 Å². The summed E-state index contributed by atoms with van der Waals surface area (Å²) in [7, 11) is 0. The second-order valence-electron chi connectivity index (χ2n) is 9.69. The number of fused-ring (bicyclic) bond motifs is 5. The molecular weight excluding hydrogens is 376 g/mol. The molecule has 2 aromatic carbocycles. The molecule has 0 radical (unpaired) electrons. The Hall–Kier alpha value is -2.46. The van der Waals surface area contributed by atoms with Crippen LogP contribution in [0.5, 0.6) is 17.2 Å². The van der Waals surface area contributed by atoms with Crippen molar-refractivity contribution in [1.29, 1.82) is 0 Å². The van der Waals surface area contributed by atoms with E-state index < -0.39 is 5.79 Å². The smallest absolute Gasteiger partial charge is 0.213 e. The highest BCUT2D eigenvalue weighted by atomic mass is 16.6.